The van der Waals surface area contributed by atoms with E-state index >= 15 is 0 Å². The molecular weight excluding hydrogens is 346 g/mol. The minimum atomic E-state index is -3.58. The molecule has 0 bridgehead atoms. The number of halogens is 1. The highest BCUT2D eigenvalue weighted by Crippen LogP contribution is 2.55. The lowest BCUT2D eigenvalue weighted by atomic mass is 10.1. The number of ether oxygens (including phenoxy) is 1. The van der Waals surface area contributed by atoms with Crippen LogP contribution in [0.4, 0.5) is 0 Å². The first-order valence-electron chi connectivity index (χ1n) is 7.82. The number of benzene rings is 2. The highest BCUT2D eigenvalue weighted by Gasteiger charge is 2.69. The number of rotatable bonds is 6. The van der Waals surface area contributed by atoms with Gasteiger partial charge in [0, 0.05) is 17.5 Å². The quantitative estimate of drug-likeness (QED) is 0.854. The van der Waals surface area contributed by atoms with Gasteiger partial charge in [0.25, 0.3) is 0 Å². The molecule has 1 fully saturated rings. The van der Waals surface area contributed by atoms with Gasteiger partial charge in [-0.15, -0.1) is 0 Å². The highest BCUT2D eigenvalue weighted by atomic mass is 35.5. The summed E-state index contributed by atoms with van der Waals surface area (Å²) in [6, 6.07) is 15.7. The van der Waals surface area contributed by atoms with Crippen molar-refractivity contribution in [2.75, 3.05) is 13.2 Å². The number of nitrogens with two attached hydrogens (primary N) is 1. The average molecular weight is 366 g/mol. The maximum absolute atomic E-state index is 13.1. The summed E-state index contributed by atoms with van der Waals surface area (Å²) in [6.07, 6.45) is 0. The van der Waals surface area contributed by atoms with Crippen molar-refractivity contribution in [3.05, 3.63) is 65.2 Å². The van der Waals surface area contributed by atoms with Crippen molar-refractivity contribution >= 4 is 21.4 Å². The molecule has 3 rings (SSSR count). The van der Waals surface area contributed by atoms with Gasteiger partial charge in [-0.25, -0.2) is 8.42 Å². The minimum Gasteiger partial charge on any atom is -0.380 e. The molecule has 2 aromatic carbocycles. The molecule has 0 unspecified atom stereocenters. The highest BCUT2D eigenvalue weighted by molar-refractivity contribution is 7.92. The van der Waals surface area contributed by atoms with Crippen molar-refractivity contribution in [3.63, 3.8) is 0 Å². The Kier molecular flexibility index (Phi) is 4.71. The number of hydrogen-bond donors (Lipinski definition) is 1. The Labute approximate surface area is 147 Å². The Morgan fingerprint density at radius 1 is 1.12 bits per heavy atom. The van der Waals surface area contributed by atoms with Gasteiger partial charge in [-0.1, -0.05) is 41.9 Å². The summed E-state index contributed by atoms with van der Waals surface area (Å²) in [5, 5.41) is -0.210. The fourth-order valence-corrected chi connectivity index (χ4v) is 5.68. The van der Waals surface area contributed by atoms with Crippen molar-refractivity contribution in [3.8, 4) is 0 Å². The van der Waals surface area contributed by atoms with Gasteiger partial charge >= 0.3 is 0 Å². The lowest BCUT2D eigenvalue weighted by Gasteiger charge is -2.12. The van der Waals surface area contributed by atoms with E-state index in [0.717, 1.165) is 5.56 Å². The number of hydrogen-bond acceptors (Lipinski definition) is 4. The molecule has 1 aliphatic carbocycles. The van der Waals surface area contributed by atoms with E-state index in [-0.39, 0.29) is 17.4 Å². The van der Waals surface area contributed by atoms with Crippen LogP contribution in [0, 0.1) is 0 Å². The third kappa shape index (κ3) is 2.97. The zero-order chi connectivity index (χ0) is 17.4. The normalized spacial score (nSPS) is 26.3. The molecule has 0 amide bonds. The zero-order valence-corrected chi connectivity index (χ0v) is 14.9. The largest absolute Gasteiger partial charge is 0.380 e. The maximum Gasteiger partial charge on any atom is 0.183 e. The van der Waals surface area contributed by atoms with E-state index in [9.17, 15) is 8.42 Å². The van der Waals surface area contributed by atoms with Crippen LogP contribution in [0.1, 0.15) is 18.4 Å². The summed E-state index contributed by atoms with van der Waals surface area (Å²) >= 11 is 5.87. The SMILES string of the molecule is CCOC[C@]1(N)[C@H](c2ccccc2)[C@H]1S(=O)(=O)c1ccc(Cl)cc1. The van der Waals surface area contributed by atoms with Crippen LogP contribution in [0.15, 0.2) is 59.5 Å². The van der Waals surface area contributed by atoms with Crippen molar-refractivity contribution < 1.29 is 13.2 Å². The Morgan fingerprint density at radius 3 is 2.33 bits per heavy atom. The molecule has 0 aliphatic heterocycles. The van der Waals surface area contributed by atoms with Crippen LogP contribution in [0.5, 0.6) is 0 Å². The van der Waals surface area contributed by atoms with Gasteiger partial charge < -0.3 is 10.5 Å². The summed E-state index contributed by atoms with van der Waals surface area (Å²) in [5.41, 5.74) is 6.47. The summed E-state index contributed by atoms with van der Waals surface area (Å²) in [5.74, 6) is -0.286. The Morgan fingerprint density at radius 2 is 1.75 bits per heavy atom. The fourth-order valence-electron chi connectivity index (χ4n) is 3.26. The zero-order valence-electron chi connectivity index (χ0n) is 13.4. The minimum absolute atomic E-state index is 0.209. The standard InChI is InChI=1S/C18H20ClNO3S/c1-2-23-12-18(20)16(13-6-4-3-5-7-13)17(18)24(21,22)15-10-8-14(19)9-11-15/h3-11,16-17H,2,12,20H2,1H3/t16-,17-,18+/m1/s1. The Bertz CT molecular complexity index is 808. The van der Waals surface area contributed by atoms with Gasteiger partial charge in [-0.3, -0.25) is 0 Å². The van der Waals surface area contributed by atoms with Gasteiger partial charge in [0.05, 0.1) is 22.3 Å². The van der Waals surface area contributed by atoms with E-state index in [4.69, 9.17) is 22.1 Å². The van der Waals surface area contributed by atoms with E-state index < -0.39 is 20.6 Å². The summed E-state index contributed by atoms with van der Waals surface area (Å²) in [7, 11) is -3.58. The predicted molar refractivity (Wildman–Crippen MR) is 95.0 cm³/mol. The van der Waals surface area contributed by atoms with Crippen LogP contribution in [0.2, 0.25) is 5.02 Å². The molecule has 1 saturated carbocycles. The molecule has 0 spiro atoms. The van der Waals surface area contributed by atoms with Crippen LogP contribution in [0.3, 0.4) is 0 Å². The molecule has 2 aromatic rings. The van der Waals surface area contributed by atoms with Crippen molar-refractivity contribution in [1.82, 2.24) is 0 Å². The molecule has 3 atom stereocenters. The molecule has 128 valence electrons. The van der Waals surface area contributed by atoms with Crippen LogP contribution >= 0.6 is 11.6 Å². The van der Waals surface area contributed by atoms with Crippen LogP contribution in [-0.4, -0.2) is 32.4 Å². The van der Waals surface area contributed by atoms with Crippen LogP contribution < -0.4 is 5.73 Å². The van der Waals surface area contributed by atoms with Crippen LogP contribution in [-0.2, 0) is 14.6 Å². The molecular formula is C18H20ClNO3S. The second-order valence-electron chi connectivity index (χ2n) is 6.06. The maximum atomic E-state index is 13.1. The van der Waals surface area contributed by atoms with E-state index in [1.54, 1.807) is 12.1 Å². The van der Waals surface area contributed by atoms with E-state index in [1.165, 1.54) is 12.1 Å². The molecule has 0 heterocycles. The average Bonchev–Trinajstić information content (AvgIpc) is 3.21. The van der Waals surface area contributed by atoms with Crippen molar-refractivity contribution in [1.29, 1.82) is 0 Å². The molecule has 0 aromatic heterocycles. The molecule has 4 nitrogen and oxygen atoms in total. The first kappa shape index (κ1) is 17.4. The summed E-state index contributed by atoms with van der Waals surface area (Å²) in [4.78, 5) is 0.238. The van der Waals surface area contributed by atoms with Crippen molar-refractivity contribution in [2.45, 2.75) is 28.5 Å². The molecule has 2 N–H and O–H groups in total. The molecule has 6 heteroatoms. The van der Waals surface area contributed by atoms with Gasteiger partial charge in [-0.05, 0) is 36.8 Å². The monoisotopic (exact) mass is 365 g/mol. The van der Waals surface area contributed by atoms with E-state index in [2.05, 4.69) is 0 Å². The van der Waals surface area contributed by atoms with Gasteiger partial charge in [0.15, 0.2) is 9.84 Å². The second kappa shape index (κ2) is 6.48. The van der Waals surface area contributed by atoms with Gasteiger partial charge in [0.1, 0.15) is 0 Å². The van der Waals surface area contributed by atoms with Crippen molar-refractivity contribution in [2.24, 2.45) is 5.73 Å². The Balaban J connectivity index is 1.99. The summed E-state index contributed by atoms with van der Waals surface area (Å²) < 4.78 is 31.7. The van der Waals surface area contributed by atoms with Gasteiger partial charge in [0.2, 0.25) is 0 Å². The Hall–Kier alpha value is -1.40. The number of sulfone groups is 1. The van der Waals surface area contributed by atoms with E-state index in [1.807, 2.05) is 37.3 Å². The lowest BCUT2D eigenvalue weighted by molar-refractivity contribution is 0.125. The first-order chi connectivity index (χ1) is 11.4. The van der Waals surface area contributed by atoms with E-state index in [0.29, 0.717) is 11.6 Å². The third-order valence-corrected chi connectivity index (χ3v) is 7.05. The molecule has 24 heavy (non-hydrogen) atoms. The lowest BCUT2D eigenvalue weighted by Crippen LogP contribution is -2.36. The molecule has 0 radical (unpaired) electrons. The second-order valence-corrected chi connectivity index (χ2v) is 8.56. The third-order valence-electron chi connectivity index (χ3n) is 4.49. The fraction of sp³-hybridized carbons (Fsp3) is 0.333. The topological polar surface area (TPSA) is 69.4 Å². The molecule has 0 saturated heterocycles. The van der Waals surface area contributed by atoms with Gasteiger partial charge in [-0.2, -0.15) is 0 Å². The summed E-state index contributed by atoms with van der Waals surface area (Å²) in [6.45, 7) is 2.57. The molecule has 1 aliphatic rings. The smallest absolute Gasteiger partial charge is 0.183 e. The predicted octanol–water partition coefficient (Wildman–Crippen LogP) is 3.01. The first-order valence-corrected chi connectivity index (χ1v) is 9.74. The van der Waals surface area contributed by atoms with Crippen LogP contribution in [0.25, 0.3) is 0 Å².